The molecule has 0 radical (unpaired) electrons. The van der Waals surface area contributed by atoms with Crippen LogP contribution in [-0.4, -0.2) is 27.3 Å². The van der Waals surface area contributed by atoms with Crippen molar-refractivity contribution in [1.82, 2.24) is 10.2 Å². The van der Waals surface area contributed by atoms with E-state index in [9.17, 15) is 4.79 Å². The van der Waals surface area contributed by atoms with Gasteiger partial charge in [-0.25, -0.2) is 0 Å². The second-order valence-corrected chi connectivity index (χ2v) is 6.70. The van der Waals surface area contributed by atoms with E-state index < -0.39 is 12.0 Å². The standard InChI is InChI=1S/C23H19N3O3.ClH/c24-20(23(27)28)14-15-6-8-18(9-7-15)21-25-26-22(29-21)19-12-10-17(11-13-19)16-4-2-1-3-5-16;/h1-13,20H,14,24H2,(H,27,28);1H. The first kappa shape index (κ1) is 21.2. The van der Waals surface area contributed by atoms with Crippen LogP contribution in [0.2, 0.25) is 0 Å². The highest BCUT2D eigenvalue weighted by molar-refractivity contribution is 5.85. The molecule has 0 fully saturated rings. The summed E-state index contributed by atoms with van der Waals surface area (Å²) >= 11 is 0. The lowest BCUT2D eigenvalue weighted by Crippen LogP contribution is -2.32. The number of hydrogen-bond acceptors (Lipinski definition) is 5. The van der Waals surface area contributed by atoms with Gasteiger partial charge in [-0.1, -0.05) is 54.6 Å². The molecule has 0 aliphatic heterocycles. The number of nitrogens with two attached hydrogens (primary N) is 1. The monoisotopic (exact) mass is 421 g/mol. The number of carbonyl (C=O) groups is 1. The first-order valence-corrected chi connectivity index (χ1v) is 9.17. The highest BCUT2D eigenvalue weighted by Gasteiger charge is 2.14. The number of halogens is 1. The van der Waals surface area contributed by atoms with Gasteiger partial charge in [0, 0.05) is 11.1 Å². The molecule has 0 aliphatic rings. The molecular formula is C23H20ClN3O3. The summed E-state index contributed by atoms with van der Waals surface area (Å²) in [6, 6.07) is 24.4. The molecule has 0 bridgehead atoms. The Bertz CT molecular complexity index is 1110. The third-order valence-corrected chi connectivity index (χ3v) is 4.64. The summed E-state index contributed by atoms with van der Waals surface area (Å²) in [7, 11) is 0. The van der Waals surface area contributed by atoms with Crippen molar-refractivity contribution in [3.05, 3.63) is 84.4 Å². The quantitative estimate of drug-likeness (QED) is 0.477. The van der Waals surface area contributed by atoms with Gasteiger partial charge in [0.2, 0.25) is 11.8 Å². The van der Waals surface area contributed by atoms with E-state index in [2.05, 4.69) is 22.3 Å². The Labute approximate surface area is 179 Å². The number of rotatable bonds is 6. The molecule has 4 aromatic rings. The molecule has 0 spiro atoms. The van der Waals surface area contributed by atoms with Gasteiger partial charge < -0.3 is 15.3 Å². The summed E-state index contributed by atoms with van der Waals surface area (Å²) in [6.45, 7) is 0. The lowest BCUT2D eigenvalue weighted by atomic mass is 10.0. The number of carboxylic acids is 1. The third kappa shape index (κ3) is 4.74. The van der Waals surface area contributed by atoms with Crippen LogP contribution in [0.3, 0.4) is 0 Å². The maximum Gasteiger partial charge on any atom is 0.320 e. The van der Waals surface area contributed by atoms with Gasteiger partial charge in [0.25, 0.3) is 0 Å². The van der Waals surface area contributed by atoms with Crippen molar-refractivity contribution in [1.29, 1.82) is 0 Å². The summed E-state index contributed by atoms with van der Waals surface area (Å²) < 4.78 is 5.82. The number of carboxylic acid groups (broad SMARTS) is 1. The topological polar surface area (TPSA) is 102 Å². The molecule has 0 amide bonds. The maximum absolute atomic E-state index is 10.9. The second-order valence-electron chi connectivity index (χ2n) is 6.70. The van der Waals surface area contributed by atoms with Crippen LogP contribution in [0.5, 0.6) is 0 Å². The smallest absolute Gasteiger partial charge is 0.320 e. The molecule has 6 nitrogen and oxygen atoms in total. The van der Waals surface area contributed by atoms with Gasteiger partial charge in [0.1, 0.15) is 6.04 Å². The van der Waals surface area contributed by atoms with Crippen LogP contribution < -0.4 is 5.73 Å². The fourth-order valence-electron chi connectivity index (χ4n) is 3.02. The SMILES string of the molecule is Cl.NC(Cc1ccc(-c2nnc(-c3ccc(-c4ccccc4)cc3)o2)cc1)C(=O)O. The molecule has 3 N–H and O–H groups in total. The van der Waals surface area contributed by atoms with Gasteiger partial charge in [-0.15, -0.1) is 22.6 Å². The zero-order chi connectivity index (χ0) is 20.2. The fourth-order valence-corrected chi connectivity index (χ4v) is 3.02. The Morgan fingerprint density at radius 1 is 0.800 bits per heavy atom. The molecule has 7 heteroatoms. The largest absolute Gasteiger partial charge is 0.480 e. The zero-order valence-corrected chi connectivity index (χ0v) is 16.8. The summed E-state index contributed by atoms with van der Waals surface area (Å²) in [5.74, 6) is -0.174. The Kier molecular flexibility index (Phi) is 6.61. The van der Waals surface area contributed by atoms with Gasteiger partial charge in [-0.3, -0.25) is 4.79 Å². The van der Waals surface area contributed by atoms with Crippen molar-refractivity contribution in [2.75, 3.05) is 0 Å². The summed E-state index contributed by atoms with van der Waals surface area (Å²) in [5, 5.41) is 17.2. The molecule has 3 aromatic carbocycles. The van der Waals surface area contributed by atoms with Crippen molar-refractivity contribution >= 4 is 18.4 Å². The van der Waals surface area contributed by atoms with Gasteiger partial charge >= 0.3 is 5.97 Å². The first-order chi connectivity index (χ1) is 14.1. The number of aliphatic carboxylic acids is 1. The van der Waals surface area contributed by atoms with Crippen LogP contribution >= 0.6 is 12.4 Å². The second kappa shape index (κ2) is 9.35. The Balaban J connectivity index is 0.00000256. The molecule has 1 heterocycles. The number of hydrogen-bond donors (Lipinski definition) is 2. The van der Waals surface area contributed by atoms with Gasteiger partial charge in [-0.2, -0.15) is 0 Å². The number of nitrogens with zero attached hydrogens (tertiary/aromatic N) is 2. The lowest BCUT2D eigenvalue weighted by molar-refractivity contribution is -0.138. The Morgan fingerprint density at radius 3 is 1.80 bits per heavy atom. The highest BCUT2D eigenvalue weighted by atomic mass is 35.5. The third-order valence-electron chi connectivity index (χ3n) is 4.64. The van der Waals surface area contributed by atoms with Crippen LogP contribution in [0.15, 0.2) is 83.3 Å². The van der Waals surface area contributed by atoms with Crippen LogP contribution in [-0.2, 0) is 11.2 Å². The van der Waals surface area contributed by atoms with E-state index in [-0.39, 0.29) is 18.8 Å². The lowest BCUT2D eigenvalue weighted by Gasteiger charge is -2.06. The molecule has 0 saturated heterocycles. The predicted octanol–water partition coefficient (Wildman–Crippen LogP) is 4.45. The van der Waals surface area contributed by atoms with Crippen molar-refractivity contribution in [3.8, 4) is 34.0 Å². The van der Waals surface area contributed by atoms with Crippen LogP contribution in [0.1, 0.15) is 5.56 Å². The number of aromatic nitrogens is 2. The average molecular weight is 422 g/mol. The highest BCUT2D eigenvalue weighted by Crippen LogP contribution is 2.27. The van der Waals surface area contributed by atoms with Crippen molar-refractivity contribution in [2.45, 2.75) is 12.5 Å². The molecule has 0 saturated carbocycles. The molecule has 4 rings (SSSR count). The van der Waals surface area contributed by atoms with E-state index >= 15 is 0 Å². The van der Waals surface area contributed by atoms with E-state index in [0.717, 1.165) is 27.8 Å². The molecular weight excluding hydrogens is 402 g/mol. The molecule has 1 atom stereocenters. The summed E-state index contributed by atoms with van der Waals surface area (Å²) in [5.41, 5.74) is 10.3. The van der Waals surface area contributed by atoms with E-state index in [0.29, 0.717) is 11.8 Å². The fraction of sp³-hybridized carbons (Fsp3) is 0.0870. The van der Waals surface area contributed by atoms with E-state index in [1.54, 1.807) is 0 Å². The van der Waals surface area contributed by atoms with Crippen molar-refractivity contribution in [2.24, 2.45) is 5.73 Å². The average Bonchev–Trinajstić information content (AvgIpc) is 3.25. The molecule has 1 unspecified atom stereocenters. The summed E-state index contributed by atoms with van der Waals surface area (Å²) in [6.07, 6.45) is 0.262. The molecule has 1 aromatic heterocycles. The Hall–Kier alpha value is -3.48. The Morgan fingerprint density at radius 2 is 1.27 bits per heavy atom. The normalized spacial score (nSPS) is 11.5. The van der Waals surface area contributed by atoms with Crippen LogP contribution in [0, 0.1) is 0 Å². The maximum atomic E-state index is 10.9. The minimum absolute atomic E-state index is 0. The van der Waals surface area contributed by atoms with Gasteiger partial charge in [0.15, 0.2) is 0 Å². The van der Waals surface area contributed by atoms with E-state index in [1.807, 2.05) is 66.7 Å². The van der Waals surface area contributed by atoms with Crippen LogP contribution in [0.4, 0.5) is 0 Å². The molecule has 30 heavy (non-hydrogen) atoms. The van der Waals surface area contributed by atoms with Crippen LogP contribution in [0.25, 0.3) is 34.0 Å². The number of benzene rings is 3. The molecule has 152 valence electrons. The zero-order valence-electron chi connectivity index (χ0n) is 15.9. The van der Waals surface area contributed by atoms with E-state index in [4.69, 9.17) is 15.3 Å². The van der Waals surface area contributed by atoms with Crippen molar-refractivity contribution < 1.29 is 14.3 Å². The predicted molar refractivity (Wildman–Crippen MR) is 117 cm³/mol. The van der Waals surface area contributed by atoms with Crippen molar-refractivity contribution in [3.63, 3.8) is 0 Å². The minimum atomic E-state index is -1.02. The minimum Gasteiger partial charge on any atom is -0.480 e. The first-order valence-electron chi connectivity index (χ1n) is 9.17. The summed E-state index contributed by atoms with van der Waals surface area (Å²) in [4.78, 5) is 10.9. The van der Waals surface area contributed by atoms with E-state index in [1.165, 1.54) is 0 Å². The molecule has 0 aliphatic carbocycles. The van der Waals surface area contributed by atoms with Gasteiger partial charge in [-0.05, 0) is 47.4 Å². The van der Waals surface area contributed by atoms with Gasteiger partial charge in [0.05, 0.1) is 0 Å².